The lowest BCUT2D eigenvalue weighted by molar-refractivity contribution is 0.260. The summed E-state index contributed by atoms with van der Waals surface area (Å²) in [4.78, 5) is 13.1. The number of benzene rings is 1. The third-order valence-electron chi connectivity index (χ3n) is 6.31. The van der Waals surface area contributed by atoms with Gasteiger partial charge >= 0.3 is 6.03 Å². The van der Waals surface area contributed by atoms with Crippen LogP contribution in [0, 0.1) is 0 Å². The lowest BCUT2D eigenvalue weighted by Gasteiger charge is -2.17. The summed E-state index contributed by atoms with van der Waals surface area (Å²) in [5.74, 6) is 1.09. The van der Waals surface area contributed by atoms with E-state index in [9.17, 15) is 9.00 Å². The molecule has 0 saturated carbocycles. The Morgan fingerprint density at radius 3 is 3.07 bits per heavy atom. The van der Waals surface area contributed by atoms with Gasteiger partial charge < -0.3 is 10.6 Å². The van der Waals surface area contributed by atoms with Gasteiger partial charge in [0.2, 0.25) is 0 Å². The Hall–Kier alpha value is -2.39. The molecule has 2 atom stereocenters. The molecule has 3 aliphatic rings. The van der Waals surface area contributed by atoms with Gasteiger partial charge in [-0.25, -0.2) is 18.8 Å². The molecular formula is C20H26N6O2S. The summed E-state index contributed by atoms with van der Waals surface area (Å²) in [6.45, 7) is 3.71. The van der Waals surface area contributed by atoms with Gasteiger partial charge in [0.25, 0.3) is 0 Å². The first-order valence-corrected chi connectivity index (χ1v) is 11.8. The molecule has 0 fully saturated rings. The number of carbonyl (C=O) groups excluding carboxylic acids is 1. The van der Waals surface area contributed by atoms with E-state index in [-0.39, 0.29) is 4.90 Å². The summed E-state index contributed by atoms with van der Waals surface area (Å²) in [5, 5.41) is 16.3. The zero-order valence-corrected chi connectivity index (χ0v) is 17.3. The minimum atomic E-state index is -3.40. The third-order valence-corrected chi connectivity index (χ3v) is 7.68. The van der Waals surface area contributed by atoms with E-state index in [1.165, 1.54) is 28.5 Å². The van der Waals surface area contributed by atoms with Crippen molar-refractivity contribution in [3.63, 3.8) is 0 Å². The van der Waals surface area contributed by atoms with E-state index in [2.05, 4.69) is 33.1 Å². The molecule has 0 saturated heterocycles. The number of nitrogens with zero attached hydrogens (tertiary/aromatic N) is 3. The van der Waals surface area contributed by atoms with Gasteiger partial charge in [-0.1, -0.05) is 13.0 Å². The number of rotatable bonds is 2. The van der Waals surface area contributed by atoms with Gasteiger partial charge in [-0.2, -0.15) is 5.10 Å². The van der Waals surface area contributed by atoms with Gasteiger partial charge in [0.1, 0.15) is 20.6 Å². The number of urea groups is 1. The molecule has 29 heavy (non-hydrogen) atoms. The Kier molecular flexibility index (Phi) is 4.40. The van der Waals surface area contributed by atoms with Crippen molar-refractivity contribution in [1.29, 1.82) is 0 Å². The minimum absolute atomic E-state index is 0.282. The van der Waals surface area contributed by atoms with Crippen LogP contribution in [-0.4, -0.2) is 26.6 Å². The van der Waals surface area contributed by atoms with E-state index in [0.29, 0.717) is 11.7 Å². The number of hydrogen-bond donors (Lipinski definition) is 3. The zero-order valence-electron chi connectivity index (χ0n) is 16.5. The largest absolute Gasteiger partial charge is 0.369 e. The van der Waals surface area contributed by atoms with Gasteiger partial charge in [0.15, 0.2) is 0 Å². The maximum absolute atomic E-state index is 13.1. The summed E-state index contributed by atoms with van der Waals surface area (Å²) in [7, 11) is -3.40. The number of fused-ring (bicyclic) bond motifs is 3. The summed E-state index contributed by atoms with van der Waals surface area (Å²) >= 11 is 0. The predicted octanol–water partition coefficient (Wildman–Crippen LogP) is 3.17. The van der Waals surface area contributed by atoms with E-state index < -0.39 is 15.9 Å². The maximum atomic E-state index is 13.1. The summed E-state index contributed by atoms with van der Waals surface area (Å²) < 4.78 is 18.7. The minimum Gasteiger partial charge on any atom is -0.369 e. The SMILES string of the molecule is CC1CCc2c1cc1c(c2NC(=O)N=S(N)(=O)c2cnn3c2NCCC3)CCC1. The summed E-state index contributed by atoms with van der Waals surface area (Å²) in [5.41, 5.74) is 5.92. The molecule has 0 radical (unpaired) electrons. The molecule has 2 aliphatic carbocycles. The van der Waals surface area contributed by atoms with Crippen molar-refractivity contribution in [2.24, 2.45) is 9.50 Å². The fourth-order valence-corrected chi connectivity index (χ4v) is 5.90. The van der Waals surface area contributed by atoms with Crippen molar-refractivity contribution in [3.8, 4) is 0 Å². The van der Waals surface area contributed by atoms with Gasteiger partial charge in [-0.05, 0) is 66.7 Å². The average Bonchev–Trinajstić information content (AvgIpc) is 3.40. The molecule has 1 aromatic heterocycles. The Morgan fingerprint density at radius 1 is 1.34 bits per heavy atom. The van der Waals surface area contributed by atoms with Crippen LogP contribution in [0.1, 0.15) is 54.4 Å². The van der Waals surface area contributed by atoms with Crippen LogP contribution in [0.5, 0.6) is 0 Å². The molecular weight excluding hydrogens is 388 g/mol. The molecule has 2 unspecified atom stereocenters. The highest BCUT2D eigenvalue weighted by molar-refractivity contribution is 7.91. The third kappa shape index (κ3) is 3.12. The van der Waals surface area contributed by atoms with Crippen LogP contribution < -0.4 is 15.8 Å². The Labute approximate surface area is 170 Å². The highest BCUT2D eigenvalue weighted by Gasteiger charge is 2.29. The number of aromatic nitrogens is 2. The van der Waals surface area contributed by atoms with Crippen molar-refractivity contribution >= 4 is 27.5 Å². The van der Waals surface area contributed by atoms with E-state index in [0.717, 1.165) is 57.3 Å². The van der Waals surface area contributed by atoms with Crippen LogP contribution in [0.3, 0.4) is 0 Å². The fraction of sp³-hybridized carbons (Fsp3) is 0.500. The first-order valence-electron chi connectivity index (χ1n) is 10.3. The lowest BCUT2D eigenvalue weighted by Crippen LogP contribution is -2.22. The van der Waals surface area contributed by atoms with E-state index in [1.807, 2.05) is 0 Å². The first kappa shape index (κ1) is 18.6. The number of anilines is 2. The van der Waals surface area contributed by atoms with Crippen molar-refractivity contribution in [2.75, 3.05) is 17.2 Å². The predicted molar refractivity (Wildman–Crippen MR) is 113 cm³/mol. The zero-order chi connectivity index (χ0) is 20.2. The van der Waals surface area contributed by atoms with Crippen molar-refractivity contribution in [1.82, 2.24) is 9.78 Å². The Balaban J connectivity index is 1.50. The van der Waals surface area contributed by atoms with Crippen LogP contribution in [0.25, 0.3) is 0 Å². The van der Waals surface area contributed by atoms with Crippen molar-refractivity contribution in [3.05, 3.63) is 34.5 Å². The number of aryl methyl sites for hydroxylation is 2. The molecule has 0 spiro atoms. The van der Waals surface area contributed by atoms with Gasteiger partial charge in [0.05, 0.1) is 6.20 Å². The van der Waals surface area contributed by atoms with Gasteiger partial charge in [-0.15, -0.1) is 4.36 Å². The van der Waals surface area contributed by atoms with E-state index >= 15 is 0 Å². The second kappa shape index (κ2) is 6.84. The second-order valence-corrected chi connectivity index (χ2v) is 9.96. The van der Waals surface area contributed by atoms with Gasteiger partial charge in [-0.3, -0.25) is 0 Å². The summed E-state index contributed by atoms with van der Waals surface area (Å²) in [6, 6.07) is 1.66. The van der Waals surface area contributed by atoms with E-state index in [4.69, 9.17) is 5.14 Å². The molecule has 8 nitrogen and oxygen atoms in total. The Bertz CT molecular complexity index is 1130. The number of nitrogens with one attached hydrogen (secondary N) is 2. The fourth-order valence-electron chi connectivity index (χ4n) is 4.86. The Morgan fingerprint density at radius 2 is 2.21 bits per heavy atom. The molecule has 2 aromatic rings. The monoisotopic (exact) mass is 414 g/mol. The molecule has 5 rings (SSSR count). The molecule has 154 valence electrons. The van der Waals surface area contributed by atoms with Crippen LogP contribution in [0.2, 0.25) is 0 Å². The number of hydrogen-bond acceptors (Lipinski definition) is 4. The highest BCUT2D eigenvalue weighted by Crippen LogP contribution is 2.43. The number of carbonyl (C=O) groups is 1. The molecule has 9 heteroatoms. The quantitative estimate of drug-likeness (QED) is 0.700. The number of nitrogens with two attached hydrogens (primary N) is 1. The smallest absolute Gasteiger partial charge is 0.354 e. The van der Waals surface area contributed by atoms with Crippen molar-refractivity contribution in [2.45, 2.75) is 62.8 Å². The van der Waals surface area contributed by atoms with E-state index in [1.54, 1.807) is 4.68 Å². The van der Waals surface area contributed by atoms with Gasteiger partial charge in [0, 0.05) is 18.8 Å². The molecule has 2 heterocycles. The normalized spacial score (nSPS) is 21.5. The highest BCUT2D eigenvalue weighted by atomic mass is 32.2. The molecule has 2 amide bonds. The summed E-state index contributed by atoms with van der Waals surface area (Å²) in [6.07, 6.45) is 7.49. The van der Waals surface area contributed by atoms with Crippen LogP contribution in [0.15, 0.2) is 21.5 Å². The standard InChI is InChI=1S/C20H26N6O2S/c1-12-6-7-15-16(12)10-13-4-2-5-14(13)18(15)24-20(27)25-29(21,28)17-11-23-26-9-3-8-22-19(17)26/h10-12,22H,2-9H2,1H3,(H3,21,24,25,27,28). The molecule has 0 bridgehead atoms. The van der Waals surface area contributed by atoms with Crippen LogP contribution >= 0.6 is 0 Å². The van der Waals surface area contributed by atoms with Crippen molar-refractivity contribution < 1.29 is 9.00 Å². The molecule has 1 aliphatic heterocycles. The van der Waals surface area contributed by atoms with Crippen LogP contribution in [-0.2, 0) is 35.7 Å². The molecule has 1 aromatic carbocycles. The number of amides is 2. The average molecular weight is 415 g/mol. The first-order chi connectivity index (χ1) is 13.9. The second-order valence-electron chi connectivity index (χ2n) is 8.20. The molecule has 4 N–H and O–H groups in total. The maximum Gasteiger partial charge on any atom is 0.354 e. The topological polar surface area (TPSA) is 114 Å². The van der Waals surface area contributed by atoms with Crippen LogP contribution in [0.4, 0.5) is 16.3 Å². The lowest BCUT2D eigenvalue weighted by atomic mass is 9.96.